The van der Waals surface area contributed by atoms with Gasteiger partial charge in [0.1, 0.15) is 18.5 Å². The van der Waals surface area contributed by atoms with Crippen molar-refractivity contribution in [2.24, 2.45) is 0 Å². The molecule has 2 heterocycles. The SMILES string of the molecule is COC1CCN(C(=O)C=Cc2ccccc2OCC(O)CN2CCC(c3cccc4ccccc34)CC2)CC1. The molecule has 1 amide bonds. The zero-order valence-electron chi connectivity index (χ0n) is 22.9. The van der Waals surface area contributed by atoms with Crippen LogP contribution < -0.4 is 4.74 Å². The minimum atomic E-state index is -0.583. The van der Waals surface area contributed by atoms with Crippen molar-refractivity contribution in [1.82, 2.24) is 9.80 Å². The normalized spacial score (nSPS) is 18.6. The number of likely N-dealkylation sites (tertiary alicyclic amines) is 2. The molecule has 6 heteroatoms. The summed E-state index contributed by atoms with van der Waals surface area (Å²) in [4.78, 5) is 16.9. The minimum absolute atomic E-state index is 0.00583. The molecule has 2 aliphatic heterocycles. The van der Waals surface area contributed by atoms with Gasteiger partial charge in [0.05, 0.1) is 6.10 Å². The summed E-state index contributed by atoms with van der Waals surface area (Å²) in [6.45, 7) is 4.17. The van der Waals surface area contributed by atoms with E-state index in [0.29, 0.717) is 31.3 Å². The number of ether oxygens (including phenoxy) is 2. The summed E-state index contributed by atoms with van der Waals surface area (Å²) in [6, 6.07) is 22.9. The first-order chi connectivity index (χ1) is 19.1. The summed E-state index contributed by atoms with van der Waals surface area (Å²) in [7, 11) is 1.73. The summed E-state index contributed by atoms with van der Waals surface area (Å²) in [5.41, 5.74) is 2.28. The zero-order chi connectivity index (χ0) is 27.0. The van der Waals surface area contributed by atoms with Crippen LogP contribution in [-0.4, -0.2) is 79.5 Å². The van der Waals surface area contributed by atoms with Crippen LogP contribution in [0.25, 0.3) is 16.8 Å². The van der Waals surface area contributed by atoms with Crippen LogP contribution in [-0.2, 0) is 9.53 Å². The van der Waals surface area contributed by atoms with Gasteiger partial charge in [0.15, 0.2) is 0 Å². The van der Waals surface area contributed by atoms with Crippen LogP contribution in [0.5, 0.6) is 5.75 Å². The Bertz CT molecular complexity index is 1250. The van der Waals surface area contributed by atoms with Crippen molar-refractivity contribution in [2.75, 3.05) is 46.4 Å². The molecule has 0 radical (unpaired) electrons. The molecule has 0 saturated carbocycles. The van der Waals surface area contributed by atoms with Gasteiger partial charge >= 0.3 is 0 Å². The van der Waals surface area contributed by atoms with Crippen molar-refractivity contribution < 1.29 is 19.4 Å². The lowest BCUT2D eigenvalue weighted by Gasteiger charge is -2.33. The molecule has 0 bridgehead atoms. The van der Waals surface area contributed by atoms with Crippen molar-refractivity contribution in [3.8, 4) is 5.75 Å². The maximum atomic E-state index is 12.7. The molecule has 0 spiro atoms. The van der Waals surface area contributed by atoms with Crippen LogP contribution in [0, 0.1) is 0 Å². The molecule has 206 valence electrons. The highest BCUT2D eigenvalue weighted by molar-refractivity contribution is 5.92. The molecule has 6 nitrogen and oxygen atoms in total. The summed E-state index contributed by atoms with van der Waals surface area (Å²) in [6.07, 6.45) is 7.01. The monoisotopic (exact) mass is 528 g/mol. The Morgan fingerprint density at radius 3 is 2.46 bits per heavy atom. The van der Waals surface area contributed by atoms with E-state index in [2.05, 4.69) is 47.4 Å². The second kappa shape index (κ2) is 13.2. The largest absolute Gasteiger partial charge is 0.490 e. The Morgan fingerprint density at radius 1 is 0.949 bits per heavy atom. The average Bonchev–Trinajstić information content (AvgIpc) is 2.99. The Kier molecular flexibility index (Phi) is 9.30. The van der Waals surface area contributed by atoms with Crippen LogP contribution in [0.15, 0.2) is 72.8 Å². The lowest BCUT2D eigenvalue weighted by Crippen LogP contribution is -2.40. The molecule has 5 rings (SSSR count). The summed E-state index contributed by atoms with van der Waals surface area (Å²) in [5.74, 6) is 1.23. The van der Waals surface area contributed by atoms with E-state index in [4.69, 9.17) is 9.47 Å². The van der Waals surface area contributed by atoms with E-state index in [1.807, 2.05) is 35.2 Å². The highest BCUT2D eigenvalue weighted by Gasteiger charge is 2.24. The number of para-hydroxylation sites is 1. The molecule has 2 saturated heterocycles. The molecule has 3 aromatic rings. The number of carbonyl (C=O) groups excluding carboxylic acids is 1. The van der Waals surface area contributed by atoms with E-state index < -0.39 is 6.10 Å². The van der Waals surface area contributed by atoms with Gasteiger partial charge in [-0.15, -0.1) is 0 Å². The number of benzene rings is 3. The predicted octanol–water partition coefficient (Wildman–Crippen LogP) is 5.11. The van der Waals surface area contributed by atoms with Crippen LogP contribution in [0.1, 0.15) is 42.7 Å². The average molecular weight is 529 g/mol. The lowest BCUT2D eigenvalue weighted by atomic mass is 9.86. The fraction of sp³-hybridized carbons (Fsp3) is 0.424. The number of amides is 1. The number of nitrogens with zero attached hydrogens (tertiary/aromatic N) is 2. The highest BCUT2D eigenvalue weighted by Crippen LogP contribution is 2.33. The quantitative estimate of drug-likeness (QED) is 0.391. The molecule has 1 unspecified atom stereocenters. The van der Waals surface area contributed by atoms with Gasteiger partial charge in [-0.25, -0.2) is 0 Å². The molecular formula is C33H40N2O4. The molecule has 2 fully saturated rings. The van der Waals surface area contributed by atoms with Crippen molar-refractivity contribution in [2.45, 2.75) is 43.8 Å². The molecule has 0 aromatic heterocycles. The van der Waals surface area contributed by atoms with E-state index in [1.54, 1.807) is 13.2 Å². The van der Waals surface area contributed by atoms with Gasteiger partial charge in [-0.3, -0.25) is 4.79 Å². The van der Waals surface area contributed by atoms with Gasteiger partial charge in [0, 0.05) is 38.4 Å². The fourth-order valence-electron chi connectivity index (χ4n) is 5.90. The van der Waals surface area contributed by atoms with Gasteiger partial charge < -0.3 is 24.4 Å². The van der Waals surface area contributed by atoms with Crippen LogP contribution >= 0.6 is 0 Å². The maximum absolute atomic E-state index is 12.7. The number of hydrogen-bond acceptors (Lipinski definition) is 5. The number of rotatable bonds is 9. The Morgan fingerprint density at radius 2 is 1.67 bits per heavy atom. The number of aliphatic hydroxyl groups excluding tert-OH is 1. The topological polar surface area (TPSA) is 62.2 Å². The first-order valence-electron chi connectivity index (χ1n) is 14.2. The van der Waals surface area contributed by atoms with Gasteiger partial charge in [0.25, 0.3) is 0 Å². The number of piperidine rings is 2. The molecule has 3 aromatic carbocycles. The highest BCUT2D eigenvalue weighted by atomic mass is 16.5. The number of hydrogen-bond donors (Lipinski definition) is 1. The first-order valence-corrected chi connectivity index (χ1v) is 14.2. The third-order valence-electron chi connectivity index (χ3n) is 8.16. The molecule has 39 heavy (non-hydrogen) atoms. The van der Waals surface area contributed by atoms with E-state index in [0.717, 1.165) is 44.3 Å². The number of fused-ring (bicyclic) bond motifs is 1. The Labute approximate surface area is 231 Å². The van der Waals surface area contributed by atoms with E-state index >= 15 is 0 Å². The number of aliphatic hydroxyl groups is 1. The van der Waals surface area contributed by atoms with Crippen molar-refractivity contribution in [3.05, 3.63) is 83.9 Å². The van der Waals surface area contributed by atoms with E-state index in [-0.39, 0.29) is 18.6 Å². The Hall–Kier alpha value is -3.19. The van der Waals surface area contributed by atoms with Crippen LogP contribution in [0.4, 0.5) is 0 Å². The molecular weight excluding hydrogens is 488 g/mol. The first kappa shape index (κ1) is 27.4. The summed E-state index contributed by atoms with van der Waals surface area (Å²) < 4.78 is 11.4. The van der Waals surface area contributed by atoms with Gasteiger partial charge in [0.2, 0.25) is 5.91 Å². The zero-order valence-corrected chi connectivity index (χ0v) is 22.9. The smallest absolute Gasteiger partial charge is 0.246 e. The third kappa shape index (κ3) is 7.07. The Balaban J connectivity index is 1.09. The van der Waals surface area contributed by atoms with Crippen molar-refractivity contribution in [3.63, 3.8) is 0 Å². The minimum Gasteiger partial charge on any atom is -0.490 e. The van der Waals surface area contributed by atoms with Gasteiger partial charge in [-0.1, -0.05) is 60.7 Å². The van der Waals surface area contributed by atoms with Crippen molar-refractivity contribution >= 4 is 22.8 Å². The molecule has 1 atom stereocenters. The number of β-amino-alcohol motifs (C(OH)–C–C–N with tert-alkyl or cyclic N) is 1. The molecule has 1 N–H and O–H groups in total. The van der Waals surface area contributed by atoms with Gasteiger partial charge in [-0.05, 0) is 73.2 Å². The third-order valence-corrected chi connectivity index (χ3v) is 8.16. The van der Waals surface area contributed by atoms with Crippen LogP contribution in [0.2, 0.25) is 0 Å². The lowest BCUT2D eigenvalue weighted by molar-refractivity contribution is -0.128. The van der Waals surface area contributed by atoms with Crippen molar-refractivity contribution in [1.29, 1.82) is 0 Å². The van der Waals surface area contributed by atoms with Gasteiger partial charge in [-0.2, -0.15) is 0 Å². The summed E-state index contributed by atoms with van der Waals surface area (Å²) in [5, 5.41) is 13.4. The standard InChI is InChI=1S/C33H40N2O4/c1-38-29-17-21-35(22-18-29)33(37)14-13-27-8-3-5-12-32(27)39-24-28(36)23-34-19-15-26(16-20-34)31-11-6-9-25-7-2-4-10-30(25)31/h2-14,26,28-29,36H,15-24H2,1H3. The molecule has 2 aliphatic rings. The summed E-state index contributed by atoms with van der Waals surface area (Å²) >= 11 is 0. The predicted molar refractivity (Wildman–Crippen MR) is 156 cm³/mol. The molecule has 0 aliphatic carbocycles. The number of methoxy groups -OCH3 is 1. The second-order valence-corrected chi connectivity index (χ2v) is 10.7. The van der Waals surface area contributed by atoms with Crippen LogP contribution in [0.3, 0.4) is 0 Å². The van der Waals surface area contributed by atoms with E-state index in [9.17, 15) is 9.90 Å². The fourth-order valence-corrected chi connectivity index (χ4v) is 5.90. The number of carbonyl (C=O) groups is 1. The second-order valence-electron chi connectivity index (χ2n) is 10.7. The maximum Gasteiger partial charge on any atom is 0.246 e. The van der Waals surface area contributed by atoms with E-state index in [1.165, 1.54) is 16.3 Å².